The molecule has 1 aliphatic heterocycles. The zero-order chi connectivity index (χ0) is 11.8. The van der Waals surface area contributed by atoms with Crippen LogP contribution in [0, 0.1) is 5.41 Å². The number of benzene rings is 1. The highest BCUT2D eigenvalue weighted by Crippen LogP contribution is 2.29. The van der Waals surface area contributed by atoms with Crippen molar-refractivity contribution in [1.29, 1.82) is 0 Å². The second-order valence-corrected chi connectivity index (χ2v) is 6.23. The van der Waals surface area contributed by atoms with Crippen molar-refractivity contribution >= 4 is 5.69 Å². The van der Waals surface area contributed by atoms with Crippen LogP contribution in [0.4, 0.5) is 5.69 Å². The Morgan fingerprint density at radius 1 is 1.25 bits per heavy atom. The Labute approximate surface area is 99.5 Å². The minimum Gasteiger partial charge on any atom is -0.374 e. The lowest BCUT2D eigenvalue weighted by Crippen LogP contribution is -2.24. The van der Waals surface area contributed by atoms with Crippen LogP contribution >= 0.6 is 0 Å². The van der Waals surface area contributed by atoms with Crippen molar-refractivity contribution in [3.8, 4) is 0 Å². The number of hydrogen-bond acceptors (Lipinski definition) is 1. The van der Waals surface area contributed by atoms with Crippen molar-refractivity contribution in [2.75, 3.05) is 18.5 Å². The van der Waals surface area contributed by atoms with Gasteiger partial charge in [-0.1, -0.05) is 32.9 Å². The molecular formula is C15H23N. The fourth-order valence-electron chi connectivity index (χ4n) is 2.56. The summed E-state index contributed by atoms with van der Waals surface area (Å²) >= 11 is 0. The Bertz CT molecular complexity index is 374. The first-order valence-corrected chi connectivity index (χ1v) is 6.29. The van der Waals surface area contributed by atoms with E-state index < -0.39 is 0 Å². The molecular weight excluding hydrogens is 194 g/mol. The lowest BCUT2D eigenvalue weighted by atomic mass is 9.86. The molecule has 0 saturated heterocycles. The van der Waals surface area contributed by atoms with Crippen molar-refractivity contribution in [2.45, 2.75) is 40.0 Å². The predicted molar refractivity (Wildman–Crippen MR) is 71.2 cm³/mol. The quantitative estimate of drug-likeness (QED) is 0.694. The second kappa shape index (κ2) is 4.12. The van der Waals surface area contributed by atoms with E-state index in [0.717, 1.165) is 0 Å². The van der Waals surface area contributed by atoms with Crippen LogP contribution in [0.1, 0.15) is 38.3 Å². The highest BCUT2D eigenvalue weighted by atomic mass is 15.1. The summed E-state index contributed by atoms with van der Waals surface area (Å²) in [6.07, 6.45) is 3.71. The first-order chi connectivity index (χ1) is 7.46. The molecule has 1 heteroatoms. The van der Waals surface area contributed by atoms with Gasteiger partial charge in [-0.15, -0.1) is 0 Å². The number of anilines is 1. The van der Waals surface area contributed by atoms with E-state index in [4.69, 9.17) is 0 Å². The summed E-state index contributed by atoms with van der Waals surface area (Å²) in [6.45, 7) is 8.11. The van der Waals surface area contributed by atoms with Gasteiger partial charge >= 0.3 is 0 Å². The maximum atomic E-state index is 2.41. The lowest BCUT2D eigenvalue weighted by molar-refractivity contribution is 0.411. The highest BCUT2D eigenvalue weighted by Gasteiger charge is 2.16. The van der Waals surface area contributed by atoms with Gasteiger partial charge in [0, 0.05) is 19.3 Å². The van der Waals surface area contributed by atoms with E-state index >= 15 is 0 Å². The number of aryl methyl sites for hydroxylation is 1. The molecule has 2 rings (SSSR count). The van der Waals surface area contributed by atoms with Gasteiger partial charge in [0.05, 0.1) is 0 Å². The van der Waals surface area contributed by atoms with Gasteiger partial charge < -0.3 is 4.90 Å². The molecule has 0 spiro atoms. The molecule has 0 bridgehead atoms. The molecule has 1 heterocycles. The third-order valence-electron chi connectivity index (χ3n) is 3.23. The second-order valence-electron chi connectivity index (χ2n) is 6.23. The predicted octanol–water partition coefficient (Wildman–Crippen LogP) is 3.66. The zero-order valence-electron chi connectivity index (χ0n) is 11.0. The first-order valence-electron chi connectivity index (χ1n) is 6.29. The summed E-state index contributed by atoms with van der Waals surface area (Å²) < 4.78 is 0. The Kier molecular flexibility index (Phi) is 2.96. The maximum absolute atomic E-state index is 2.41. The summed E-state index contributed by atoms with van der Waals surface area (Å²) in [5.41, 5.74) is 4.84. The normalized spacial score (nSPS) is 16.1. The first kappa shape index (κ1) is 11.5. The molecule has 0 unspecified atom stereocenters. The van der Waals surface area contributed by atoms with E-state index in [-0.39, 0.29) is 0 Å². The number of rotatable bonds is 1. The molecule has 1 aromatic rings. The molecule has 16 heavy (non-hydrogen) atoms. The van der Waals surface area contributed by atoms with E-state index in [1.165, 1.54) is 42.6 Å². The fourth-order valence-corrected chi connectivity index (χ4v) is 2.56. The molecule has 0 saturated carbocycles. The van der Waals surface area contributed by atoms with E-state index in [2.05, 4.69) is 50.9 Å². The summed E-state index contributed by atoms with van der Waals surface area (Å²) in [6, 6.07) is 7.01. The largest absolute Gasteiger partial charge is 0.374 e. The summed E-state index contributed by atoms with van der Waals surface area (Å²) in [4.78, 5) is 2.37. The topological polar surface area (TPSA) is 3.24 Å². The maximum Gasteiger partial charge on any atom is 0.0396 e. The fraction of sp³-hybridized carbons (Fsp3) is 0.600. The van der Waals surface area contributed by atoms with Gasteiger partial charge in [0.15, 0.2) is 0 Å². The van der Waals surface area contributed by atoms with Crippen LogP contribution in [0.5, 0.6) is 0 Å². The van der Waals surface area contributed by atoms with E-state index in [1.807, 2.05) is 0 Å². The molecule has 88 valence electrons. The Morgan fingerprint density at radius 2 is 2.00 bits per heavy atom. The van der Waals surface area contributed by atoms with Gasteiger partial charge in [0.1, 0.15) is 0 Å². The molecule has 1 nitrogen and oxygen atoms in total. The average Bonchev–Trinajstić information content (AvgIpc) is 2.15. The third kappa shape index (κ3) is 2.58. The highest BCUT2D eigenvalue weighted by molar-refractivity contribution is 5.56. The van der Waals surface area contributed by atoms with Gasteiger partial charge in [-0.2, -0.15) is 0 Å². The minimum atomic E-state index is 0.384. The summed E-state index contributed by atoms with van der Waals surface area (Å²) in [5, 5.41) is 0. The van der Waals surface area contributed by atoms with Gasteiger partial charge in [0.2, 0.25) is 0 Å². The van der Waals surface area contributed by atoms with Gasteiger partial charge in [-0.05, 0) is 41.9 Å². The number of hydrogen-bond donors (Lipinski definition) is 0. The lowest BCUT2D eigenvalue weighted by Gasteiger charge is -2.28. The molecule has 0 amide bonds. The van der Waals surface area contributed by atoms with Gasteiger partial charge in [-0.25, -0.2) is 0 Å². The Morgan fingerprint density at radius 3 is 2.69 bits per heavy atom. The van der Waals surface area contributed by atoms with E-state index in [9.17, 15) is 0 Å². The van der Waals surface area contributed by atoms with Crippen LogP contribution < -0.4 is 4.90 Å². The van der Waals surface area contributed by atoms with Crippen LogP contribution in [0.3, 0.4) is 0 Å². The van der Waals surface area contributed by atoms with E-state index in [0.29, 0.717) is 5.41 Å². The molecule has 1 aliphatic rings. The smallest absolute Gasteiger partial charge is 0.0396 e. The van der Waals surface area contributed by atoms with Crippen LogP contribution in [-0.2, 0) is 12.8 Å². The third-order valence-corrected chi connectivity index (χ3v) is 3.23. The average molecular weight is 217 g/mol. The molecule has 0 atom stereocenters. The van der Waals surface area contributed by atoms with Crippen LogP contribution in [0.15, 0.2) is 18.2 Å². The van der Waals surface area contributed by atoms with Crippen molar-refractivity contribution in [2.24, 2.45) is 5.41 Å². The van der Waals surface area contributed by atoms with Crippen molar-refractivity contribution < 1.29 is 0 Å². The molecule has 0 radical (unpaired) electrons. The molecule has 0 fully saturated rings. The molecule has 1 aromatic carbocycles. The van der Waals surface area contributed by atoms with Crippen LogP contribution in [0.2, 0.25) is 0 Å². The molecule has 0 aliphatic carbocycles. The van der Waals surface area contributed by atoms with Crippen molar-refractivity contribution in [3.63, 3.8) is 0 Å². The number of nitrogens with zero attached hydrogens (tertiary/aromatic N) is 1. The van der Waals surface area contributed by atoms with Crippen LogP contribution in [-0.4, -0.2) is 13.6 Å². The van der Waals surface area contributed by atoms with Crippen LogP contribution in [0.25, 0.3) is 0 Å². The minimum absolute atomic E-state index is 0.384. The number of fused-ring (bicyclic) bond motifs is 1. The van der Waals surface area contributed by atoms with Gasteiger partial charge in [-0.3, -0.25) is 0 Å². The van der Waals surface area contributed by atoms with Crippen molar-refractivity contribution in [1.82, 2.24) is 0 Å². The zero-order valence-corrected chi connectivity index (χ0v) is 11.0. The SMILES string of the molecule is CN1CCCc2cc(CC(C)(C)C)ccc21. The molecule has 0 aromatic heterocycles. The molecule has 0 N–H and O–H groups in total. The summed E-state index contributed by atoms with van der Waals surface area (Å²) in [5.74, 6) is 0. The summed E-state index contributed by atoms with van der Waals surface area (Å²) in [7, 11) is 2.20. The Hall–Kier alpha value is -0.980. The Balaban J connectivity index is 2.25. The standard InChI is InChI=1S/C15H23N/c1-15(2,3)11-12-7-8-14-13(10-12)6-5-9-16(14)4/h7-8,10H,5-6,9,11H2,1-4H3. The monoisotopic (exact) mass is 217 g/mol. The van der Waals surface area contributed by atoms with E-state index in [1.54, 1.807) is 0 Å². The van der Waals surface area contributed by atoms with Crippen molar-refractivity contribution in [3.05, 3.63) is 29.3 Å². The van der Waals surface area contributed by atoms with Gasteiger partial charge in [0.25, 0.3) is 0 Å².